The molecule has 0 fully saturated rings. The Morgan fingerprint density at radius 3 is 2.41 bits per heavy atom. The summed E-state index contributed by atoms with van der Waals surface area (Å²) in [7, 11) is 0. The van der Waals surface area contributed by atoms with Crippen LogP contribution in [0.5, 0.6) is 0 Å². The van der Waals surface area contributed by atoms with Gasteiger partial charge in [-0.25, -0.2) is 5.84 Å². The third-order valence-corrected chi connectivity index (χ3v) is 2.76. The van der Waals surface area contributed by atoms with E-state index in [4.69, 9.17) is 5.84 Å². The summed E-state index contributed by atoms with van der Waals surface area (Å²) in [6.07, 6.45) is 3.38. The summed E-state index contributed by atoms with van der Waals surface area (Å²) in [6.45, 7) is 11.6. The van der Waals surface area contributed by atoms with Crippen LogP contribution in [0, 0.1) is 0 Å². The number of hydrazine groups is 1. The van der Waals surface area contributed by atoms with Crippen molar-refractivity contribution in [3.05, 3.63) is 0 Å². The van der Waals surface area contributed by atoms with Gasteiger partial charge < -0.3 is 10.2 Å². The molecule has 0 aromatic rings. The summed E-state index contributed by atoms with van der Waals surface area (Å²) >= 11 is 0. The summed E-state index contributed by atoms with van der Waals surface area (Å²) in [5, 5.41) is 3.19. The number of nitrogens with one attached hydrogen (secondary N) is 2. The summed E-state index contributed by atoms with van der Waals surface area (Å²) in [6, 6.07) is 0. The number of guanidine groups is 1. The molecule has 4 N–H and O–H groups in total. The van der Waals surface area contributed by atoms with Crippen LogP contribution in [0.4, 0.5) is 0 Å². The zero-order valence-electron chi connectivity index (χ0n) is 11.6. The van der Waals surface area contributed by atoms with E-state index in [9.17, 15) is 0 Å². The molecule has 0 rings (SSSR count). The van der Waals surface area contributed by atoms with E-state index in [1.807, 2.05) is 0 Å². The molecule has 0 amide bonds. The summed E-state index contributed by atoms with van der Waals surface area (Å²) in [5.41, 5.74) is 2.60. The second kappa shape index (κ2) is 11.7. The quantitative estimate of drug-likeness (QED) is 0.185. The molecule has 0 saturated carbocycles. The van der Waals surface area contributed by atoms with Gasteiger partial charge in [-0.3, -0.25) is 10.4 Å². The van der Waals surface area contributed by atoms with E-state index in [1.165, 1.54) is 6.42 Å². The molecule has 0 heterocycles. The minimum atomic E-state index is 0.706. The molecule has 0 unspecified atom stereocenters. The smallest absolute Gasteiger partial charge is 0.205 e. The Kier molecular flexibility index (Phi) is 11.1. The van der Waals surface area contributed by atoms with Crippen molar-refractivity contribution in [3.8, 4) is 0 Å². The Bertz CT molecular complexity index is 189. The van der Waals surface area contributed by atoms with E-state index in [-0.39, 0.29) is 0 Å². The summed E-state index contributed by atoms with van der Waals surface area (Å²) in [5.74, 6) is 6.10. The molecule has 0 aliphatic carbocycles. The molecule has 0 bridgehead atoms. The van der Waals surface area contributed by atoms with Crippen LogP contribution >= 0.6 is 0 Å². The molecule has 0 aromatic heterocycles. The molecule has 5 heteroatoms. The lowest BCUT2D eigenvalue weighted by Gasteiger charge is -2.17. The first-order valence-electron chi connectivity index (χ1n) is 6.75. The van der Waals surface area contributed by atoms with Crippen molar-refractivity contribution < 1.29 is 0 Å². The van der Waals surface area contributed by atoms with Crippen LogP contribution in [0.15, 0.2) is 4.99 Å². The van der Waals surface area contributed by atoms with Crippen LogP contribution in [-0.4, -0.2) is 43.6 Å². The third kappa shape index (κ3) is 8.94. The molecule has 5 nitrogen and oxygen atoms in total. The van der Waals surface area contributed by atoms with Crippen LogP contribution < -0.4 is 16.6 Å². The van der Waals surface area contributed by atoms with Gasteiger partial charge in [0.1, 0.15) is 0 Å². The first-order chi connectivity index (χ1) is 8.28. The van der Waals surface area contributed by atoms with E-state index in [0.29, 0.717) is 5.96 Å². The average molecular weight is 243 g/mol. The van der Waals surface area contributed by atoms with Crippen molar-refractivity contribution in [1.82, 2.24) is 15.6 Å². The average Bonchev–Trinajstić information content (AvgIpc) is 2.37. The number of hydrogen-bond donors (Lipinski definition) is 3. The van der Waals surface area contributed by atoms with Crippen molar-refractivity contribution in [2.24, 2.45) is 10.8 Å². The number of unbranched alkanes of at least 4 members (excludes halogenated alkanes) is 1. The number of rotatable bonds is 9. The van der Waals surface area contributed by atoms with Gasteiger partial charge in [-0.05, 0) is 32.5 Å². The standard InChI is InChI=1S/C12H29N5/c1-4-7-9-14-12(16-13)15-10-8-11-17(5-2)6-3/h4-11,13H2,1-3H3,(H2,14,15,16). The van der Waals surface area contributed by atoms with Crippen LogP contribution in [0.3, 0.4) is 0 Å². The second-order valence-electron chi connectivity index (χ2n) is 4.04. The fourth-order valence-corrected chi connectivity index (χ4v) is 1.56. The van der Waals surface area contributed by atoms with Crippen molar-refractivity contribution in [2.75, 3.05) is 32.7 Å². The Labute approximate surface area is 106 Å². The van der Waals surface area contributed by atoms with Gasteiger partial charge in [0.25, 0.3) is 0 Å². The van der Waals surface area contributed by atoms with Crippen LogP contribution in [0.25, 0.3) is 0 Å². The zero-order valence-corrected chi connectivity index (χ0v) is 11.6. The summed E-state index contributed by atoms with van der Waals surface area (Å²) in [4.78, 5) is 6.80. The molecule has 0 saturated heterocycles. The topological polar surface area (TPSA) is 65.7 Å². The fraction of sp³-hybridized carbons (Fsp3) is 0.917. The highest BCUT2D eigenvalue weighted by molar-refractivity contribution is 5.79. The van der Waals surface area contributed by atoms with Gasteiger partial charge in [-0.15, -0.1) is 0 Å². The maximum absolute atomic E-state index is 5.40. The van der Waals surface area contributed by atoms with E-state index in [1.54, 1.807) is 0 Å². The predicted molar refractivity (Wildman–Crippen MR) is 74.9 cm³/mol. The van der Waals surface area contributed by atoms with Crippen molar-refractivity contribution >= 4 is 5.96 Å². The first-order valence-corrected chi connectivity index (χ1v) is 6.75. The monoisotopic (exact) mass is 243 g/mol. The van der Waals surface area contributed by atoms with Crippen LogP contribution in [0.1, 0.15) is 40.0 Å². The van der Waals surface area contributed by atoms with Crippen molar-refractivity contribution in [3.63, 3.8) is 0 Å². The molecule has 102 valence electrons. The molecule has 0 aliphatic heterocycles. The predicted octanol–water partition coefficient (Wildman–Crippen LogP) is 0.927. The van der Waals surface area contributed by atoms with Gasteiger partial charge >= 0.3 is 0 Å². The lowest BCUT2D eigenvalue weighted by atomic mass is 10.3. The number of nitrogens with zero attached hydrogens (tertiary/aromatic N) is 2. The SMILES string of the molecule is CCCCNC(=NCCCN(CC)CC)NN. The maximum Gasteiger partial charge on any atom is 0.205 e. The highest BCUT2D eigenvalue weighted by Gasteiger charge is 1.98. The van der Waals surface area contributed by atoms with Gasteiger partial charge in [0, 0.05) is 13.1 Å². The number of nitrogens with two attached hydrogens (primary N) is 1. The van der Waals surface area contributed by atoms with Crippen molar-refractivity contribution in [2.45, 2.75) is 40.0 Å². The first kappa shape index (κ1) is 16.2. The molecule has 0 spiro atoms. The zero-order chi connectivity index (χ0) is 12.9. The fourth-order valence-electron chi connectivity index (χ4n) is 1.56. The highest BCUT2D eigenvalue weighted by atomic mass is 15.3. The number of hydrogen-bond acceptors (Lipinski definition) is 3. The molecule has 0 aliphatic rings. The second-order valence-corrected chi connectivity index (χ2v) is 4.04. The lowest BCUT2D eigenvalue weighted by Crippen LogP contribution is -2.42. The van der Waals surface area contributed by atoms with Crippen LogP contribution in [0.2, 0.25) is 0 Å². The maximum atomic E-state index is 5.40. The van der Waals surface area contributed by atoms with Gasteiger partial charge in [-0.1, -0.05) is 27.2 Å². The van der Waals surface area contributed by atoms with Gasteiger partial charge in [-0.2, -0.15) is 0 Å². The highest BCUT2D eigenvalue weighted by Crippen LogP contribution is 1.91. The normalized spacial score (nSPS) is 11.9. The Balaban J connectivity index is 3.70. The largest absolute Gasteiger partial charge is 0.355 e. The van der Waals surface area contributed by atoms with Gasteiger partial charge in [0.15, 0.2) is 0 Å². The Morgan fingerprint density at radius 2 is 1.88 bits per heavy atom. The molecule has 0 aromatic carbocycles. The summed E-state index contributed by atoms with van der Waals surface area (Å²) < 4.78 is 0. The molecular formula is C12H29N5. The van der Waals surface area contributed by atoms with E-state index in [0.717, 1.165) is 45.6 Å². The Morgan fingerprint density at radius 1 is 1.18 bits per heavy atom. The Hall–Kier alpha value is -0.810. The molecule has 17 heavy (non-hydrogen) atoms. The minimum absolute atomic E-state index is 0.706. The van der Waals surface area contributed by atoms with E-state index in [2.05, 4.69) is 41.4 Å². The van der Waals surface area contributed by atoms with Gasteiger partial charge in [0.05, 0.1) is 0 Å². The van der Waals surface area contributed by atoms with Crippen molar-refractivity contribution in [1.29, 1.82) is 0 Å². The third-order valence-electron chi connectivity index (χ3n) is 2.76. The lowest BCUT2D eigenvalue weighted by molar-refractivity contribution is 0.302. The van der Waals surface area contributed by atoms with E-state index >= 15 is 0 Å². The molecule has 0 radical (unpaired) electrons. The molecule has 0 atom stereocenters. The molecular weight excluding hydrogens is 214 g/mol. The van der Waals surface area contributed by atoms with Crippen LogP contribution in [-0.2, 0) is 0 Å². The minimum Gasteiger partial charge on any atom is -0.355 e. The van der Waals surface area contributed by atoms with Gasteiger partial charge in [0.2, 0.25) is 5.96 Å². The van der Waals surface area contributed by atoms with E-state index < -0.39 is 0 Å². The number of aliphatic imine (C=N–C) groups is 1.